The Morgan fingerprint density at radius 1 is 1.24 bits per heavy atom. The van der Waals surface area contributed by atoms with Gasteiger partial charge in [-0.15, -0.1) is 16.4 Å². The number of amides is 1. The van der Waals surface area contributed by atoms with E-state index in [2.05, 4.69) is 30.5 Å². The molecule has 1 aromatic carbocycles. The number of carbonyl (C=O) groups is 1. The first kappa shape index (κ1) is 25.6. The first-order valence-corrected chi connectivity index (χ1v) is 14.0. The molecule has 0 bridgehead atoms. The van der Waals surface area contributed by atoms with Gasteiger partial charge in [-0.05, 0) is 36.6 Å². The summed E-state index contributed by atoms with van der Waals surface area (Å²) in [5.41, 5.74) is 1.54. The number of rotatable bonds is 10. The van der Waals surface area contributed by atoms with Crippen LogP contribution in [-0.2, 0) is 23.6 Å². The van der Waals surface area contributed by atoms with Crippen LogP contribution in [0.15, 0.2) is 52.9 Å². The highest BCUT2D eigenvalue weighted by atomic mass is 32.2. The molecule has 0 atom stereocenters. The molecule has 1 aliphatic rings. The van der Waals surface area contributed by atoms with Crippen molar-refractivity contribution in [1.82, 2.24) is 25.1 Å². The summed E-state index contributed by atoms with van der Waals surface area (Å²) in [5, 5.41) is 16.1. The van der Waals surface area contributed by atoms with Crippen molar-refractivity contribution in [3.05, 3.63) is 69.6 Å². The quantitative estimate of drug-likeness (QED) is 0.267. The summed E-state index contributed by atoms with van der Waals surface area (Å²) in [5.74, 6) is -0.518. The number of thiazole rings is 1. The number of anilines is 2. The van der Waals surface area contributed by atoms with Crippen molar-refractivity contribution >= 4 is 49.0 Å². The summed E-state index contributed by atoms with van der Waals surface area (Å²) < 4.78 is 34.4. The third kappa shape index (κ3) is 4.91. The van der Waals surface area contributed by atoms with Gasteiger partial charge in [-0.1, -0.05) is 12.1 Å². The molecule has 1 saturated carbocycles. The van der Waals surface area contributed by atoms with Gasteiger partial charge in [0.25, 0.3) is 17.3 Å². The van der Waals surface area contributed by atoms with Crippen molar-refractivity contribution in [2.75, 3.05) is 23.7 Å². The first-order chi connectivity index (χ1) is 18.2. The molecular weight excluding hydrogens is 530 g/mol. The minimum Gasteiger partial charge on any atom is -0.473 e. The van der Waals surface area contributed by atoms with Gasteiger partial charge < -0.3 is 19.9 Å². The van der Waals surface area contributed by atoms with Crippen LogP contribution < -0.4 is 25.7 Å². The maximum atomic E-state index is 13.1. The molecule has 1 amide bonds. The number of ether oxygens (including phenoxy) is 1. The molecule has 1 aliphatic carbocycles. The fourth-order valence-electron chi connectivity index (χ4n) is 3.97. The standard InChI is InChI=1S/C24H25N7O5S2/c1-25-17-5-3-15(4-6-17)12-27-20(32)18-11-16-13-28-29-21(19(16)31(2)22(18)33)36-14-24(7-8-24)38(34,35)30-23-26-9-10-37-23/h3-6,9-11,13,25H,7-8,12,14H2,1-2H3,(H,26,30)(H,27,32). The van der Waals surface area contributed by atoms with E-state index in [1.54, 1.807) is 5.38 Å². The highest BCUT2D eigenvalue weighted by molar-refractivity contribution is 7.94. The Morgan fingerprint density at radius 2 is 2.00 bits per heavy atom. The minimum absolute atomic E-state index is 0.00871. The predicted molar refractivity (Wildman–Crippen MR) is 144 cm³/mol. The van der Waals surface area contributed by atoms with E-state index in [0.717, 1.165) is 11.3 Å². The van der Waals surface area contributed by atoms with Gasteiger partial charge in [-0.2, -0.15) is 5.10 Å². The number of sulfonamides is 1. The molecular formula is C24H25N7O5S2. The number of nitrogens with one attached hydrogen (secondary N) is 3. The lowest BCUT2D eigenvalue weighted by Crippen LogP contribution is -2.35. The van der Waals surface area contributed by atoms with Gasteiger partial charge in [-0.3, -0.25) is 14.3 Å². The summed E-state index contributed by atoms with van der Waals surface area (Å²) in [7, 11) is -0.445. The van der Waals surface area contributed by atoms with E-state index in [-0.39, 0.29) is 29.7 Å². The Bertz CT molecular complexity index is 1650. The van der Waals surface area contributed by atoms with Gasteiger partial charge >= 0.3 is 0 Å². The molecule has 3 heterocycles. The Labute approximate surface area is 222 Å². The topological polar surface area (TPSA) is 157 Å². The highest BCUT2D eigenvalue weighted by Crippen LogP contribution is 2.44. The molecule has 0 unspecified atom stereocenters. The Morgan fingerprint density at radius 3 is 2.66 bits per heavy atom. The molecule has 12 nitrogen and oxygen atoms in total. The van der Waals surface area contributed by atoms with Crippen molar-refractivity contribution in [3.63, 3.8) is 0 Å². The number of benzene rings is 1. The van der Waals surface area contributed by atoms with Gasteiger partial charge in [0.2, 0.25) is 10.0 Å². The third-order valence-electron chi connectivity index (χ3n) is 6.44. The number of aryl methyl sites for hydroxylation is 1. The molecule has 3 aromatic heterocycles. The van der Waals surface area contributed by atoms with Crippen LogP contribution in [-0.4, -0.2) is 52.5 Å². The van der Waals surface area contributed by atoms with E-state index in [1.807, 2.05) is 31.3 Å². The molecule has 0 radical (unpaired) electrons. The summed E-state index contributed by atoms with van der Waals surface area (Å²) in [6, 6.07) is 8.98. The van der Waals surface area contributed by atoms with Crippen molar-refractivity contribution in [3.8, 4) is 5.88 Å². The lowest BCUT2D eigenvalue weighted by atomic mass is 10.1. The Balaban J connectivity index is 1.35. The lowest BCUT2D eigenvalue weighted by molar-refractivity contribution is 0.0949. The maximum absolute atomic E-state index is 13.1. The van der Waals surface area contributed by atoms with Crippen LogP contribution in [0.4, 0.5) is 10.8 Å². The van der Waals surface area contributed by atoms with E-state index in [9.17, 15) is 18.0 Å². The average molecular weight is 556 g/mol. The average Bonchev–Trinajstić information content (AvgIpc) is 3.57. The maximum Gasteiger partial charge on any atom is 0.263 e. The van der Waals surface area contributed by atoms with Crippen LogP contribution in [0.25, 0.3) is 10.9 Å². The highest BCUT2D eigenvalue weighted by Gasteiger charge is 2.56. The van der Waals surface area contributed by atoms with Crippen LogP contribution in [0, 0.1) is 0 Å². The van der Waals surface area contributed by atoms with E-state index < -0.39 is 26.2 Å². The van der Waals surface area contributed by atoms with Gasteiger partial charge in [0.05, 0.1) is 6.20 Å². The minimum atomic E-state index is -3.76. The predicted octanol–water partition coefficient (Wildman–Crippen LogP) is 2.11. The Kier molecular flexibility index (Phi) is 6.75. The molecule has 198 valence electrons. The van der Waals surface area contributed by atoms with Crippen LogP contribution in [0.2, 0.25) is 0 Å². The summed E-state index contributed by atoms with van der Waals surface area (Å²) in [6.07, 6.45) is 3.75. The lowest BCUT2D eigenvalue weighted by Gasteiger charge is -2.18. The smallest absolute Gasteiger partial charge is 0.263 e. The zero-order chi connectivity index (χ0) is 26.9. The van der Waals surface area contributed by atoms with Crippen molar-refractivity contribution in [2.24, 2.45) is 7.05 Å². The van der Waals surface area contributed by atoms with Crippen molar-refractivity contribution < 1.29 is 17.9 Å². The van der Waals surface area contributed by atoms with Gasteiger partial charge in [0.15, 0.2) is 5.13 Å². The summed E-state index contributed by atoms with van der Waals surface area (Å²) >= 11 is 1.18. The van der Waals surface area contributed by atoms with Crippen LogP contribution in [0.1, 0.15) is 28.8 Å². The molecule has 4 aromatic rings. The second-order valence-corrected chi connectivity index (χ2v) is 11.9. The molecule has 0 saturated heterocycles. The molecule has 1 fully saturated rings. The van der Waals surface area contributed by atoms with Crippen molar-refractivity contribution in [1.29, 1.82) is 0 Å². The normalized spacial score (nSPS) is 14.2. The monoisotopic (exact) mass is 555 g/mol. The van der Waals surface area contributed by atoms with Gasteiger partial charge in [-0.25, -0.2) is 13.4 Å². The van der Waals surface area contributed by atoms with Crippen molar-refractivity contribution in [2.45, 2.75) is 24.1 Å². The number of fused-ring (bicyclic) bond motifs is 1. The SMILES string of the molecule is CNc1ccc(CNC(=O)c2cc3cnnc(OCC4(S(=O)(=O)Nc5nccs5)CC4)c3n(C)c2=O)cc1. The summed E-state index contributed by atoms with van der Waals surface area (Å²) in [6.45, 7) is 0.0723. The number of nitrogens with zero attached hydrogens (tertiary/aromatic N) is 4. The summed E-state index contributed by atoms with van der Waals surface area (Å²) in [4.78, 5) is 29.9. The number of pyridine rings is 1. The van der Waals surface area contributed by atoms with Crippen LogP contribution >= 0.6 is 11.3 Å². The fraction of sp³-hybridized carbons (Fsp3) is 0.292. The largest absolute Gasteiger partial charge is 0.473 e. The number of carbonyl (C=O) groups excluding carboxylic acids is 1. The second-order valence-electron chi connectivity index (χ2n) is 8.92. The Hall–Kier alpha value is -4.04. The molecule has 38 heavy (non-hydrogen) atoms. The van der Waals surface area contributed by atoms with E-state index in [1.165, 1.54) is 41.4 Å². The van der Waals surface area contributed by atoms with Crippen LogP contribution in [0.3, 0.4) is 0 Å². The zero-order valence-electron chi connectivity index (χ0n) is 20.6. The van der Waals surface area contributed by atoms with Gasteiger partial charge in [0.1, 0.15) is 22.4 Å². The number of hydrogen-bond donors (Lipinski definition) is 3. The molecule has 0 spiro atoms. The number of hydrogen-bond acceptors (Lipinski definition) is 10. The van der Waals surface area contributed by atoms with Crippen LogP contribution in [0.5, 0.6) is 5.88 Å². The first-order valence-electron chi connectivity index (χ1n) is 11.7. The zero-order valence-corrected chi connectivity index (χ0v) is 22.2. The van der Waals surface area contributed by atoms with E-state index in [0.29, 0.717) is 23.7 Å². The molecule has 14 heteroatoms. The molecule has 5 rings (SSSR count). The molecule has 0 aliphatic heterocycles. The van der Waals surface area contributed by atoms with E-state index in [4.69, 9.17) is 4.74 Å². The van der Waals surface area contributed by atoms with E-state index >= 15 is 0 Å². The second kappa shape index (κ2) is 10.0. The third-order valence-corrected chi connectivity index (χ3v) is 9.38. The molecule has 3 N–H and O–H groups in total. The fourth-order valence-corrected chi connectivity index (χ4v) is 6.22. The van der Waals surface area contributed by atoms with Gasteiger partial charge in [0, 0.05) is 43.3 Å². The number of aromatic nitrogens is 4.